The molecular formula is C23H20N4O5S. The minimum absolute atomic E-state index is 0.115. The van der Waals surface area contributed by atoms with Gasteiger partial charge in [-0.3, -0.25) is 23.7 Å². The highest BCUT2D eigenvalue weighted by Crippen LogP contribution is 2.46. The lowest BCUT2D eigenvalue weighted by Gasteiger charge is -2.35. The monoisotopic (exact) mass is 464 g/mol. The Labute approximate surface area is 192 Å². The molecule has 0 saturated carbocycles. The highest BCUT2D eigenvalue weighted by molar-refractivity contribution is 7.84. The third kappa shape index (κ3) is 2.98. The van der Waals surface area contributed by atoms with Crippen LogP contribution in [0.3, 0.4) is 0 Å². The van der Waals surface area contributed by atoms with Gasteiger partial charge < -0.3 is 14.7 Å². The topological polar surface area (TPSA) is 113 Å². The van der Waals surface area contributed by atoms with E-state index in [2.05, 4.69) is 9.97 Å². The second-order valence-electron chi connectivity index (χ2n) is 7.84. The van der Waals surface area contributed by atoms with Crippen molar-refractivity contribution >= 4 is 34.1 Å². The Bertz CT molecular complexity index is 1330. The maximum Gasteiger partial charge on any atom is 0.267 e. The van der Waals surface area contributed by atoms with Gasteiger partial charge in [0.2, 0.25) is 11.6 Å². The van der Waals surface area contributed by atoms with Gasteiger partial charge in [0.25, 0.3) is 11.8 Å². The van der Waals surface area contributed by atoms with E-state index in [4.69, 9.17) is 4.74 Å². The van der Waals surface area contributed by atoms with Gasteiger partial charge in [0.05, 0.1) is 21.3 Å². The number of pyridine rings is 2. The summed E-state index contributed by atoms with van der Waals surface area (Å²) in [5.41, 5.74) is -0.706. The quantitative estimate of drug-likeness (QED) is 0.629. The second kappa shape index (κ2) is 7.46. The van der Waals surface area contributed by atoms with E-state index in [-0.39, 0.29) is 28.7 Å². The molecule has 0 spiro atoms. The molecule has 2 aliphatic rings. The van der Waals surface area contributed by atoms with Crippen LogP contribution < -0.4 is 14.5 Å². The van der Waals surface area contributed by atoms with Gasteiger partial charge in [-0.15, -0.1) is 0 Å². The molecule has 10 heteroatoms. The van der Waals surface area contributed by atoms with Crippen LogP contribution in [0.25, 0.3) is 0 Å². The number of aliphatic hydroxyl groups is 1. The number of hydrogen-bond acceptors (Lipinski definition) is 7. The molecule has 2 aromatic heterocycles. The fourth-order valence-corrected chi connectivity index (χ4v) is 5.04. The molecule has 33 heavy (non-hydrogen) atoms. The van der Waals surface area contributed by atoms with Gasteiger partial charge in [0, 0.05) is 36.8 Å². The molecule has 168 valence electrons. The maximum absolute atomic E-state index is 13.7. The fourth-order valence-electron chi connectivity index (χ4n) is 4.28. The number of benzene rings is 1. The molecule has 2 unspecified atom stereocenters. The number of likely N-dealkylation sites (N-methyl/N-ethyl adjacent to an activating group) is 1. The third-order valence-electron chi connectivity index (χ3n) is 5.90. The zero-order valence-electron chi connectivity index (χ0n) is 18.1. The summed E-state index contributed by atoms with van der Waals surface area (Å²) in [5, 5.41) is 12.1. The molecule has 0 fully saturated rings. The highest BCUT2D eigenvalue weighted by atomic mass is 32.2. The summed E-state index contributed by atoms with van der Waals surface area (Å²) in [6.45, 7) is 1.61. The summed E-state index contributed by atoms with van der Waals surface area (Å²) in [4.78, 5) is 37.5. The molecule has 0 saturated heterocycles. The first-order chi connectivity index (χ1) is 15.7. The molecular weight excluding hydrogens is 444 g/mol. The SMILES string of the molecule is C[C@H]1Oc2nc(N3C(=O)c4c(S(C)=O)cccc4C3(O)c3cccnc3)ccc2N(C)C1=O. The summed E-state index contributed by atoms with van der Waals surface area (Å²) in [6.07, 6.45) is 3.76. The van der Waals surface area contributed by atoms with Crippen molar-refractivity contribution in [2.24, 2.45) is 0 Å². The number of carbonyl (C=O) groups excluding carboxylic acids is 2. The summed E-state index contributed by atoms with van der Waals surface area (Å²) < 4.78 is 18.1. The Morgan fingerprint density at radius 2 is 1.94 bits per heavy atom. The van der Waals surface area contributed by atoms with Crippen LogP contribution in [0.4, 0.5) is 11.5 Å². The van der Waals surface area contributed by atoms with Crippen molar-refractivity contribution in [1.82, 2.24) is 9.97 Å². The smallest absolute Gasteiger partial charge is 0.267 e. The van der Waals surface area contributed by atoms with E-state index in [1.807, 2.05) is 0 Å². The Hall–Kier alpha value is -3.63. The van der Waals surface area contributed by atoms with Gasteiger partial charge in [-0.25, -0.2) is 0 Å². The standard InChI is InChI=1S/C23H20N4O5S/c1-13-21(28)26(2)16-9-10-18(25-20(16)32-13)27-22(29)19-15(7-4-8-17(19)33(3)31)23(27,30)14-6-5-11-24-12-14/h4-13,30H,1-3H3/t13-,23?,33?/m1/s1. The number of carbonyl (C=O) groups is 2. The van der Waals surface area contributed by atoms with E-state index in [9.17, 15) is 18.9 Å². The van der Waals surface area contributed by atoms with Crippen LogP contribution in [0.2, 0.25) is 0 Å². The number of fused-ring (bicyclic) bond motifs is 2. The number of hydrogen-bond donors (Lipinski definition) is 1. The van der Waals surface area contributed by atoms with Crippen LogP contribution in [0.1, 0.15) is 28.4 Å². The molecule has 2 amide bonds. The summed E-state index contributed by atoms with van der Waals surface area (Å²) in [5.74, 6) is -0.491. The van der Waals surface area contributed by atoms with Crippen molar-refractivity contribution in [3.05, 3.63) is 71.5 Å². The van der Waals surface area contributed by atoms with E-state index >= 15 is 0 Å². The normalized spacial score (nSPS) is 22.6. The lowest BCUT2D eigenvalue weighted by atomic mass is 9.95. The Kier molecular flexibility index (Phi) is 4.80. The second-order valence-corrected chi connectivity index (χ2v) is 9.19. The number of rotatable bonds is 3. The molecule has 0 aliphatic carbocycles. The van der Waals surface area contributed by atoms with E-state index in [1.54, 1.807) is 56.6 Å². The first-order valence-electron chi connectivity index (χ1n) is 10.1. The van der Waals surface area contributed by atoms with Gasteiger partial charge in [-0.1, -0.05) is 18.2 Å². The Balaban J connectivity index is 1.74. The van der Waals surface area contributed by atoms with Crippen molar-refractivity contribution in [1.29, 1.82) is 0 Å². The van der Waals surface area contributed by atoms with Crippen LogP contribution in [0.15, 0.2) is 59.8 Å². The molecule has 4 heterocycles. The lowest BCUT2D eigenvalue weighted by molar-refractivity contribution is -0.125. The number of ether oxygens (including phenoxy) is 1. The number of aromatic nitrogens is 2. The van der Waals surface area contributed by atoms with Gasteiger partial charge in [0.15, 0.2) is 6.10 Å². The Morgan fingerprint density at radius 1 is 1.15 bits per heavy atom. The van der Waals surface area contributed by atoms with Crippen LogP contribution in [0, 0.1) is 0 Å². The van der Waals surface area contributed by atoms with Crippen LogP contribution in [-0.4, -0.2) is 50.5 Å². The predicted molar refractivity (Wildman–Crippen MR) is 121 cm³/mol. The minimum Gasteiger partial charge on any atom is -0.463 e. The van der Waals surface area contributed by atoms with Gasteiger partial charge in [-0.05, 0) is 31.2 Å². The van der Waals surface area contributed by atoms with Crippen LogP contribution in [-0.2, 0) is 21.3 Å². The molecule has 1 N–H and O–H groups in total. The fraction of sp³-hybridized carbons (Fsp3) is 0.217. The molecule has 0 radical (unpaired) electrons. The van der Waals surface area contributed by atoms with E-state index in [0.29, 0.717) is 16.1 Å². The van der Waals surface area contributed by atoms with Crippen molar-refractivity contribution in [2.45, 2.75) is 23.6 Å². The third-order valence-corrected chi connectivity index (χ3v) is 6.86. The van der Waals surface area contributed by atoms with Gasteiger partial charge in [-0.2, -0.15) is 4.98 Å². The molecule has 5 rings (SSSR count). The highest BCUT2D eigenvalue weighted by Gasteiger charge is 2.53. The molecule has 3 atom stereocenters. The van der Waals surface area contributed by atoms with Gasteiger partial charge in [0.1, 0.15) is 11.5 Å². The van der Waals surface area contributed by atoms with Crippen molar-refractivity contribution < 1.29 is 23.6 Å². The summed E-state index contributed by atoms with van der Waals surface area (Å²) >= 11 is 0. The van der Waals surface area contributed by atoms with Gasteiger partial charge >= 0.3 is 0 Å². The molecule has 0 bridgehead atoms. The number of amides is 2. The van der Waals surface area contributed by atoms with Crippen LogP contribution in [0.5, 0.6) is 5.88 Å². The van der Waals surface area contributed by atoms with Crippen molar-refractivity contribution in [3.63, 3.8) is 0 Å². The predicted octanol–water partition coefficient (Wildman–Crippen LogP) is 1.81. The molecule has 9 nitrogen and oxygen atoms in total. The first kappa shape index (κ1) is 21.2. The number of nitrogens with zero attached hydrogens (tertiary/aromatic N) is 4. The number of anilines is 2. The molecule has 1 aromatic carbocycles. The summed E-state index contributed by atoms with van der Waals surface area (Å²) in [7, 11) is 0.147. The van der Waals surface area contributed by atoms with E-state index in [1.165, 1.54) is 23.4 Å². The zero-order valence-corrected chi connectivity index (χ0v) is 18.9. The molecule has 2 aliphatic heterocycles. The summed E-state index contributed by atoms with van der Waals surface area (Å²) in [6, 6.07) is 11.3. The van der Waals surface area contributed by atoms with Crippen LogP contribution >= 0.6 is 0 Å². The maximum atomic E-state index is 13.7. The van der Waals surface area contributed by atoms with E-state index < -0.39 is 28.5 Å². The Morgan fingerprint density at radius 3 is 2.64 bits per heavy atom. The minimum atomic E-state index is -1.95. The zero-order chi connectivity index (χ0) is 23.5. The molecule has 3 aromatic rings. The first-order valence-corrected chi connectivity index (χ1v) is 11.7. The average Bonchev–Trinajstić information content (AvgIpc) is 3.05. The van der Waals surface area contributed by atoms with Crippen molar-refractivity contribution in [2.75, 3.05) is 23.1 Å². The lowest BCUT2D eigenvalue weighted by Crippen LogP contribution is -2.46. The van der Waals surface area contributed by atoms with Crippen molar-refractivity contribution in [3.8, 4) is 5.88 Å². The van der Waals surface area contributed by atoms with E-state index in [0.717, 1.165) is 4.90 Å². The average molecular weight is 465 g/mol. The largest absolute Gasteiger partial charge is 0.463 e.